The van der Waals surface area contributed by atoms with E-state index in [1.54, 1.807) is 37.4 Å². The van der Waals surface area contributed by atoms with Gasteiger partial charge in [0.15, 0.2) is 0 Å². The van der Waals surface area contributed by atoms with Crippen molar-refractivity contribution in [2.75, 3.05) is 43.0 Å². The first-order valence-electron chi connectivity index (χ1n) is 11.2. The zero-order valence-corrected chi connectivity index (χ0v) is 19.6. The van der Waals surface area contributed by atoms with E-state index in [0.717, 1.165) is 18.0 Å². The van der Waals surface area contributed by atoms with Crippen LogP contribution in [0, 0.1) is 5.82 Å². The molecule has 0 unspecified atom stereocenters. The van der Waals surface area contributed by atoms with Crippen molar-refractivity contribution in [2.24, 2.45) is 0 Å². The van der Waals surface area contributed by atoms with Crippen molar-refractivity contribution in [3.8, 4) is 0 Å². The van der Waals surface area contributed by atoms with E-state index in [4.69, 9.17) is 0 Å². The Morgan fingerprint density at radius 2 is 1.65 bits per heavy atom. The van der Waals surface area contributed by atoms with Crippen molar-refractivity contribution in [3.63, 3.8) is 0 Å². The van der Waals surface area contributed by atoms with Crippen LogP contribution in [0.1, 0.15) is 15.9 Å². The molecular formula is C27H24FN3O2S. The van der Waals surface area contributed by atoms with E-state index in [9.17, 15) is 14.0 Å². The highest BCUT2D eigenvalue weighted by molar-refractivity contribution is 8.04. The Kier molecular flexibility index (Phi) is 6.11. The number of hydrogen-bond acceptors (Lipinski definition) is 4. The molecule has 0 saturated carbocycles. The zero-order chi connectivity index (χ0) is 23.7. The van der Waals surface area contributed by atoms with Crippen LogP contribution < -0.4 is 9.80 Å². The SMILES string of the molecule is CN1C(=O)C(=Cc2ccccc2F)Sc2ccc(C(=O)N3CCN(c4ccccc4)CC3)cc21. The Labute approximate surface area is 202 Å². The molecule has 2 amide bonds. The van der Waals surface area contributed by atoms with Gasteiger partial charge in [0.2, 0.25) is 0 Å². The maximum atomic E-state index is 14.1. The fraction of sp³-hybridized carbons (Fsp3) is 0.185. The van der Waals surface area contributed by atoms with Gasteiger partial charge in [-0.2, -0.15) is 0 Å². The summed E-state index contributed by atoms with van der Waals surface area (Å²) in [6.45, 7) is 2.84. The number of fused-ring (bicyclic) bond motifs is 1. The summed E-state index contributed by atoms with van der Waals surface area (Å²) in [5, 5.41) is 0. The van der Waals surface area contributed by atoms with Gasteiger partial charge in [-0.25, -0.2) is 4.39 Å². The van der Waals surface area contributed by atoms with Gasteiger partial charge in [0.05, 0.1) is 10.6 Å². The van der Waals surface area contributed by atoms with Crippen molar-refractivity contribution >= 4 is 41.0 Å². The van der Waals surface area contributed by atoms with Crippen LogP contribution in [0.3, 0.4) is 0 Å². The minimum Gasteiger partial charge on any atom is -0.368 e. The van der Waals surface area contributed by atoms with Gasteiger partial charge >= 0.3 is 0 Å². The standard InChI is InChI=1S/C27H24FN3O2S/c1-29-23-17-20(26(32)31-15-13-30(14-16-31)21-8-3-2-4-9-21)11-12-24(23)34-25(27(29)33)18-19-7-5-6-10-22(19)28/h2-12,17-18H,13-16H2,1H3. The monoisotopic (exact) mass is 473 g/mol. The first-order valence-corrected chi connectivity index (χ1v) is 12.0. The molecule has 172 valence electrons. The first-order chi connectivity index (χ1) is 16.5. The molecule has 0 aromatic heterocycles. The van der Waals surface area contributed by atoms with Gasteiger partial charge in [0.25, 0.3) is 11.8 Å². The van der Waals surface area contributed by atoms with Gasteiger partial charge in [-0.05, 0) is 42.5 Å². The van der Waals surface area contributed by atoms with E-state index in [1.807, 2.05) is 35.2 Å². The van der Waals surface area contributed by atoms with Crippen molar-refractivity contribution in [2.45, 2.75) is 4.90 Å². The number of piperazine rings is 1. The molecule has 34 heavy (non-hydrogen) atoms. The largest absolute Gasteiger partial charge is 0.368 e. The minimum absolute atomic E-state index is 0.0333. The van der Waals surface area contributed by atoms with Gasteiger partial charge in [0.1, 0.15) is 5.82 Å². The third-order valence-electron chi connectivity index (χ3n) is 6.18. The summed E-state index contributed by atoms with van der Waals surface area (Å²) in [4.78, 5) is 33.1. The Balaban J connectivity index is 1.32. The molecule has 5 nitrogen and oxygen atoms in total. The predicted molar refractivity (Wildman–Crippen MR) is 135 cm³/mol. The van der Waals surface area contributed by atoms with E-state index >= 15 is 0 Å². The number of thioether (sulfide) groups is 1. The second-order valence-electron chi connectivity index (χ2n) is 8.29. The molecule has 5 rings (SSSR count). The third kappa shape index (κ3) is 4.31. The highest BCUT2D eigenvalue weighted by Crippen LogP contribution is 2.42. The Hall–Kier alpha value is -3.58. The van der Waals surface area contributed by atoms with E-state index in [-0.39, 0.29) is 17.6 Å². The lowest BCUT2D eigenvalue weighted by Crippen LogP contribution is -2.48. The average molecular weight is 474 g/mol. The maximum absolute atomic E-state index is 14.1. The molecule has 2 aliphatic rings. The molecule has 0 radical (unpaired) electrons. The molecule has 2 aliphatic heterocycles. The second-order valence-corrected chi connectivity index (χ2v) is 9.38. The number of likely N-dealkylation sites (N-methyl/N-ethyl adjacent to an activating group) is 1. The van der Waals surface area contributed by atoms with Crippen LogP contribution >= 0.6 is 11.8 Å². The van der Waals surface area contributed by atoms with Gasteiger partial charge in [0, 0.05) is 54.9 Å². The summed E-state index contributed by atoms with van der Waals surface area (Å²) in [5.41, 5.74) is 2.79. The highest BCUT2D eigenvalue weighted by Gasteiger charge is 2.29. The predicted octanol–water partition coefficient (Wildman–Crippen LogP) is 4.90. The molecule has 0 aliphatic carbocycles. The number of benzene rings is 3. The smallest absolute Gasteiger partial charge is 0.264 e. The van der Waals surface area contributed by atoms with Crippen LogP contribution in [-0.2, 0) is 4.79 Å². The van der Waals surface area contributed by atoms with Crippen molar-refractivity contribution in [3.05, 3.63) is 94.6 Å². The third-order valence-corrected chi connectivity index (χ3v) is 7.26. The molecule has 0 bridgehead atoms. The summed E-state index contributed by atoms with van der Waals surface area (Å²) in [5.74, 6) is -0.624. The van der Waals surface area contributed by atoms with E-state index < -0.39 is 0 Å². The maximum Gasteiger partial charge on any atom is 0.264 e. The Morgan fingerprint density at radius 1 is 0.941 bits per heavy atom. The number of hydrogen-bond donors (Lipinski definition) is 0. The number of nitrogens with zero attached hydrogens (tertiary/aromatic N) is 3. The van der Waals surface area contributed by atoms with Crippen LogP contribution in [0.5, 0.6) is 0 Å². The lowest BCUT2D eigenvalue weighted by atomic mass is 10.1. The van der Waals surface area contributed by atoms with Gasteiger partial charge in [-0.3, -0.25) is 9.59 Å². The minimum atomic E-state index is -0.370. The summed E-state index contributed by atoms with van der Waals surface area (Å²) in [6.07, 6.45) is 1.58. The summed E-state index contributed by atoms with van der Waals surface area (Å²) < 4.78 is 14.1. The molecule has 3 aromatic carbocycles. The zero-order valence-electron chi connectivity index (χ0n) is 18.8. The molecule has 1 saturated heterocycles. The number of halogens is 1. The number of carbonyl (C=O) groups excluding carboxylic acids is 2. The number of rotatable bonds is 3. The fourth-order valence-electron chi connectivity index (χ4n) is 4.25. The van der Waals surface area contributed by atoms with Gasteiger partial charge in [-0.15, -0.1) is 0 Å². The number of para-hydroxylation sites is 1. The van der Waals surface area contributed by atoms with Crippen LogP contribution in [-0.4, -0.2) is 49.9 Å². The molecule has 0 atom stereocenters. The molecule has 2 heterocycles. The summed E-state index contributed by atoms with van der Waals surface area (Å²) >= 11 is 1.30. The molecule has 0 spiro atoms. The highest BCUT2D eigenvalue weighted by atomic mass is 32.2. The number of carbonyl (C=O) groups is 2. The lowest BCUT2D eigenvalue weighted by molar-refractivity contribution is -0.114. The summed E-state index contributed by atoms with van der Waals surface area (Å²) in [7, 11) is 1.68. The molecule has 0 N–H and O–H groups in total. The van der Waals surface area contributed by atoms with Crippen molar-refractivity contribution in [1.82, 2.24) is 4.90 Å². The van der Waals surface area contributed by atoms with E-state index in [1.165, 1.54) is 28.4 Å². The fourth-order valence-corrected chi connectivity index (χ4v) is 5.33. The van der Waals surface area contributed by atoms with E-state index in [2.05, 4.69) is 17.0 Å². The van der Waals surface area contributed by atoms with Crippen LogP contribution in [0.25, 0.3) is 6.08 Å². The quantitative estimate of drug-likeness (QED) is 0.508. The van der Waals surface area contributed by atoms with Crippen LogP contribution in [0.2, 0.25) is 0 Å². The summed E-state index contributed by atoms with van der Waals surface area (Å²) in [6, 6.07) is 22.0. The average Bonchev–Trinajstić information content (AvgIpc) is 2.88. The van der Waals surface area contributed by atoms with Crippen molar-refractivity contribution in [1.29, 1.82) is 0 Å². The molecular weight excluding hydrogens is 449 g/mol. The molecule has 7 heteroatoms. The van der Waals surface area contributed by atoms with Gasteiger partial charge in [-0.1, -0.05) is 48.2 Å². The molecule has 3 aromatic rings. The normalized spacial score (nSPS) is 17.2. The van der Waals surface area contributed by atoms with Crippen LogP contribution in [0.4, 0.5) is 15.8 Å². The van der Waals surface area contributed by atoms with Crippen molar-refractivity contribution < 1.29 is 14.0 Å². The Bertz CT molecular complexity index is 1270. The number of amides is 2. The van der Waals surface area contributed by atoms with Gasteiger partial charge < -0.3 is 14.7 Å². The first kappa shape index (κ1) is 22.2. The Morgan fingerprint density at radius 3 is 2.38 bits per heavy atom. The van der Waals surface area contributed by atoms with E-state index in [0.29, 0.717) is 34.8 Å². The van der Waals surface area contributed by atoms with Crippen LogP contribution in [0.15, 0.2) is 82.6 Å². The second kappa shape index (κ2) is 9.35. The number of anilines is 2. The topological polar surface area (TPSA) is 43.9 Å². The lowest BCUT2D eigenvalue weighted by Gasteiger charge is -2.36. The molecule has 1 fully saturated rings.